The average molecular weight is 337 g/mol. The molecule has 2 aromatic heterocycles. The van der Waals surface area contributed by atoms with Crippen molar-refractivity contribution in [3.63, 3.8) is 0 Å². The number of rotatable bonds is 4. The zero-order valence-corrected chi connectivity index (χ0v) is 14.0. The summed E-state index contributed by atoms with van der Waals surface area (Å²) in [5.41, 5.74) is 3.09. The van der Waals surface area contributed by atoms with Crippen LogP contribution in [0.1, 0.15) is 35.3 Å². The van der Waals surface area contributed by atoms with Crippen molar-refractivity contribution >= 4 is 11.6 Å². The Bertz CT molecular complexity index is 881. The van der Waals surface area contributed by atoms with Crippen LogP contribution in [-0.4, -0.2) is 25.6 Å². The van der Waals surface area contributed by atoms with E-state index in [0.717, 1.165) is 30.6 Å². The Kier molecular flexibility index (Phi) is 4.05. The fourth-order valence-corrected chi connectivity index (χ4v) is 3.07. The molecule has 7 heteroatoms. The van der Waals surface area contributed by atoms with Gasteiger partial charge in [-0.15, -0.1) is 0 Å². The number of carbonyl (C=O) groups excluding carboxylic acids is 1. The van der Waals surface area contributed by atoms with E-state index >= 15 is 0 Å². The first-order valence-electron chi connectivity index (χ1n) is 8.35. The molecule has 128 valence electrons. The minimum atomic E-state index is -0.155. The summed E-state index contributed by atoms with van der Waals surface area (Å²) < 4.78 is 7.53. The van der Waals surface area contributed by atoms with Gasteiger partial charge in [-0.25, -0.2) is 4.98 Å². The topological polar surface area (TPSA) is 85.8 Å². The fourth-order valence-electron chi connectivity index (χ4n) is 3.07. The van der Waals surface area contributed by atoms with Gasteiger partial charge in [0.25, 0.3) is 0 Å². The van der Waals surface area contributed by atoms with E-state index in [2.05, 4.69) is 25.0 Å². The largest absolute Gasteiger partial charge is 0.339 e. The van der Waals surface area contributed by atoms with E-state index in [-0.39, 0.29) is 18.2 Å². The lowest BCUT2D eigenvalue weighted by Gasteiger charge is -2.20. The van der Waals surface area contributed by atoms with Crippen molar-refractivity contribution in [1.29, 1.82) is 0 Å². The van der Waals surface area contributed by atoms with Crippen molar-refractivity contribution in [3.05, 3.63) is 59.8 Å². The highest BCUT2D eigenvalue weighted by Gasteiger charge is 2.25. The van der Waals surface area contributed by atoms with E-state index in [1.54, 1.807) is 0 Å². The molecule has 1 unspecified atom stereocenters. The van der Waals surface area contributed by atoms with Gasteiger partial charge in [-0.3, -0.25) is 4.79 Å². The number of hydrogen-bond acceptors (Lipinski definition) is 5. The summed E-state index contributed by atoms with van der Waals surface area (Å²) in [7, 11) is 0. The minimum Gasteiger partial charge on any atom is -0.339 e. The Labute approximate surface area is 145 Å². The number of nitrogens with zero attached hydrogens (tertiary/aromatic N) is 4. The van der Waals surface area contributed by atoms with E-state index < -0.39 is 0 Å². The maximum atomic E-state index is 12.1. The van der Waals surface area contributed by atoms with Gasteiger partial charge in [0.1, 0.15) is 0 Å². The van der Waals surface area contributed by atoms with Crippen LogP contribution in [0.3, 0.4) is 0 Å². The number of nitrogens with one attached hydrogen (secondary N) is 1. The van der Waals surface area contributed by atoms with Crippen molar-refractivity contribution in [2.75, 3.05) is 5.32 Å². The number of benzene rings is 1. The van der Waals surface area contributed by atoms with Gasteiger partial charge in [0.05, 0.1) is 12.7 Å². The number of aryl methyl sites for hydroxylation is 2. The Balaban J connectivity index is 1.38. The number of carbonyl (C=O) groups is 1. The summed E-state index contributed by atoms with van der Waals surface area (Å²) in [4.78, 5) is 20.7. The van der Waals surface area contributed by atoms with Crippen LogP contribution in [0, 0.1) is 6.92 Å². The molecule has 0 bridgehead atoms. The molecule has 3 aromatic rings. The molecule has 0 fully saturated rings. The molecule has 1 atom stereocenters. The Morgan fingerprint density at radius 3 is 3.04 bits per heavy atom. The fraction of sp³-hybridized carbons (Fsp3) is 0.333. The Morgan fingerprint density at radius 2 is 2.20 bits per heavy atom. The molecule has 1 aliphatic heterocycles. The number of fused-ring (bicyclic) bond motifs is 1. The van der Waals surface area contributed by atoms with Gasteiger partial charge in [0.15, 0.2) is 5.82 Å². The van der Waals surface area contributed by atoms with Crippen molar-refractivity contribution in [1.82, 2.24) is 19.7 Å². The number of imidazole rings is 1. The third-order valence-electron chi connectivity index (χ3n) is 4.46. The SMILES string of the molecule is Cc1ccc(NC(=O)Cc2noc(C3CCn4cncc4C3)n2)cc1. The minimum absolute atomic E-state index is 0.0992. The quantitative estimate of drug-likeness (QED) is 0.790. The van der Waals surface area contributed by atoms with Crippen LogP contribution in [0.2, 0.25) is 0 Å². The smallest absolute Gasteiger partial charge is 0.232 e. The molecule has 7 nitrogen and oxygen atoms in total. The molecule has 1 aromatic carbocycles. The molecule has 1 N–H and O–H groups in total. The maximum Gasteiger partial charge on any atom is 0.232 e. The zero-order valence-electron chi connectivity index (χ0n) is 14.0. The first-order chi connectivity index (χ1) is 12.2. The third kappa shape index (κ3) is 3.45. The number of hydrogen-bond donors (Lipinski definition) is 1. The molecule has 1 aliphatic rings. The van der Waals surface area contributed by atoms with Crippen molar-refractivity contribution in [2.24, 2.45) is 0 Å². The number of amides is 1. The monoisotopic (exact) mass is 337 g/mol. The molecular formula is C18H19N5O2. The highest BCUT2D eigenvalue weighted by molar-refractivity contribution is 5.91. The van der Waals surface area contributed by atoms with Crippen molar-refractivity contribution < 1.29 is 9.32 Å². The molecule has 0 saturated carbocycles. The predicted octanol–water partition coefficient (Wildman–Crippen LogP) is 2.49. The second kappa shape index (κ2) is 6.51. The van der Waals surface area contributed by atoms with E-state index in [1.165, 1.54) is 5.69 Å². The van der Waals surface area contributed by atoms with Gasteiger partial charge in [-0.2, -0.15) is 4.98 Å². The lowest BCUT2D eigenvalue weighted by molar-refractivity contribution is -0.115. The maximum absolute atomic E-state index is 12.1. The van der Waals surface area contributed by atoms with Gasteiger partial charge in [-0.1, -0.05) is 22.9 Å². The van der Waals surface area contributed by atoms with E-state index in [0.29, 0.717) is 11.7 Å². The van der Waals surface area contributed by atoms with Gasteiger partial charge in [0, 0.05) is 36.5 Å². The lowest BCUT2D eigenvalue weighted by Crippen LogP contribution is -2.17. The third-order valence-corrected chi connectivity index (χ3v) is 4.46. The summed E-state index contributed by atoms with van der Waals surface area (Å²) in [6, 6.07) is 7.66. The molecule has 0 spiro atoms. The number of anilines is 1. The van der Waals surface area contributed by atoms with Crippen LogP contribution in [0.15, 0.2) is 41.3 Å². The van der Waals surface area contributed by atoms with Crippen LogP contribution in [-0.2, 0) is 24.2 Å². The molecular weight excluding hydrogens is 318 g/mol. The molecule has 0 saturated heterocycles. The lowest BCUT2D eigenvalue weighted by atomic mass is 9.96. The summed E-state index contributed by atoms with van der Waals surface area (Å²) in [5.74, 6) is 1.05. The van der Waals surface area contributed by atoms with Crippen molar-refractivity contribution in [2.45, 2.75) is 38.6 Å². The van der Waals surface area contributed by atoms with Crippen LogP contribution in [0.5, 0.6) is 0 Å². The van der Waals surface area contributed by atoms with Gasteiger partial charge in [-0.05, 0) is 25.5 Å². The van der Waals surface area contributed by atoms with Crippen LogP contribution in [0.4, 0.5) is 5.69 Å². The predicted molar refractivity (Wildman–Crippen MR) is 91.1 cm³/mol. The average Bonchev–Trinajstić information content (AvgIpc) is 3.25. The first-order valence-corrected chi connectivity index (χ1v) is 8.35. The Hall–Kier alpha value is -2.96. The van der Waals surface area contributed by atoms with Crippen LogP contribution < -0.4 is 5.32 Å². The summed E-state index contributed by atoms with van der Waals surface area (Å²) in [5, 5.41) is 6.81. The standard InChI is InChI=1S/C18H19N5O2/c1-12-2-4-14(5-3-12)20-17(24)9-16-21-18(25-22-16)13-6-7-23-11-19-10-15(23)8-13/h2-5,10-11,13H,6-9H2,1H3,(H,20,24). The molecule has 1 amide bonds. The van der Waals surface area contributed by atoms with Gasteiger partial charge >= 0.3 is 0 Å². The van der Waals surface area contributed by atoms with Crippen molar-refractivity contribution in [3.8, 4) is 0 Å². The highest BCUT2D eigenvalue weighted by atomic mass is 16.5. The van der Waals surface area contributed by atoms with Gasteiger partial charge < -0.3 is 14.4 Å². The van der Waals surface area contributed by atoms with E-state index in [4.69, 9.17) is 4.52 Å². The first kappa shape index (κ1) is 15.6. The molecule has 4 rings (SSSR count). The van der Waals surface area contributed by atoms with Crippen LogP contribution in [0.25, 0.3) is 0 Å². The summed E-state index contributed by atoms with van der Waals surface area (Å²) >= 11 is 0. The highest BCUT2D eigenvalue weighted by Crippen LogP contribution is 2.28. The van der Waals surface area contributed by atoms with Crippen LogP contribution >= 0.6 is 0 Å². The Morgan fingerprint density at radius 1 is 1.36 bits per heavy atom. The van der Waals surface area contributed by atoms with E-state index in [1.807, 2.05) is 43.7 Å². The zero-order chi connectivity index (χ0) is 17.2. The summed E-state index contributed by atoms with van der Waals surface area (Å²) in [6.45, 7) is 2.90. The normalized spacial score (nSPS) is 16.4. The second-order valence-electron chi connectivity index (χ2n) is 6.41. The molecule has 25 heavy (non-hydrogen) atoms. The van der Waals surface area contributed by atoms with Gasteiger partial charge in [0.2, 0.25) is 11.8 Å². The molecule has 3 heterocycles. The summed E-state index contributed by atoms with van der Waals surface area (Å²) in [6.07, 6.45) is 5.58. The molecule has 0 aliphatic carbocycles. The molecule has 0 radical (unpaired) electrons. The number of aromatic nitrogens is 4. The van der Waals surface area contributed by atoms with E-state index in [9.17, 15) is 4.79 Å². The second-order valence-corrected chi connectivity index (χ2v) is 6.41.